The summed E-state index contributed by atoms with van der Waals surface area (Å²) in [5.41, 5.74) is 0.201. The van der Waals surface area contributed by atoms with E-state index in [0.717, 1.165) is 37.3 Å². The Morgan fingerprint density at radius 2 is 1.74 bits per heavy atom. The van der Waals surface area contributed by atoms with E-state index >= 15 is 0 Å². The third kappa shape index (κ3) is 4.94. The molecule has 1 unspecified atom stereocenters. The van der Waals surface area contributed by atoms with Crippen molar-refractivity contribution in [3.05, 3.63) is 39.9 Å². The fourth-order valence-electron chi connectivity index (χ4n) is 2.66. The van der Waals surface area contributed by atoms with Gasteiger partial charge in [0.15, 0.2) is 0 Å². The lowest BCUT2D eigenvalue weighted by Gasteiger charge is -2.35. The van der Waals surface area contributed by atoms with Crippen molar-refractivity contribution in [3.63, 3.8) is 0 Å². The second kappa shape index (κ2) is 7.66. The van der Waals surface area contributed by atoms with Gasteiger partial charge in [-0.15, -0.1) is 0 Å². The highest BCUT2D eigenvalue weighted by Crippen LogP contribution is 2.28. The zero-order valence-electron chi connectivity index (χ0n) is 12.2. The third-order valence-corrected chi connectivity index (χ3v) is 4.50. The molecular formula is C14H17Cl3N3O3+. The van der Waals surface area contributed by atoms with Crippen LogP contribution in [0.25, 0.3) is 0 Å². The number of non-ortho nitro benzene ring substituents is 1. The lowest BCUT2D eigenvalue weighted by Crippen LogP contribution is -3.20. The molecule has 0 radical (unpaired) electrons. The summed E-state index contributed by atoms with van der Waals surface area (Å²) in [5.74, 6) is -0.422. The number of nitro benzene ring substituents is 1. The molecule has 23 heavy (non-hydrogen) atoms. The monoisotopic (exact) mass is 380 g/mol. The number of rotatable bonds is 4. The SMILES string of the molecule is O=C(NC([NH+]1CCCCC1)C(Cl)(Cl)Cl)c1ccc([N+](=O)[O-])cc1. The van der Waals surface area contributed by atoms with Gasteiger partial charge in [-0.2, -0.15) is 0 Å². The summed E-state index contributed by atoms with van der Waals surface area (Å²) in [6.07, 6.45) is 2.49. The fourth-order valence-corrected chi connectivity index (χ4v) is 3.29. The molecule has 1 saturated heterocycles. The number of carbonyl (C=O) groups excluding carboxylic acids is 1. The standard InChI is InChI=1S/C14H16Cl3N3O3/c15-14(16,17)13(19-8-2-1-3-9-19)18-12(21)10-4-6-11(7-5-10)20(22)23/h4-7,13H,1-3,8-9H2,(H,18,21)/p+1. The Balaban J connectivity index is 2.11. The molecule has 1 aromatic rings. The Hall–Kier alpha value is -1.08. The Morgan fingerprint density at radius 3 is 2.22 bits per heavy atom. The molecule has 1 aromatic carbocycles. The van der Waals surface area contributed by atoms with Gasteiger partial charge in [-0.1, -0.05) is 34.8 Å². The molecule has 1 heterocycles. The Morgan fingerprint density at radius 1 is 1.17 bits per heavy atom. The number of hydrogen-bond donors (Lipinski definition) is 2. The fraction of sp³-hybridized carbons (Fsp3) is 0.500. The molecular weight excluding hydrogens is 365 g/mol. The molecule has 0 aromatic heterocycles. The highest BCUT2D eigenvalue weighted by atomic mass is 35.6. The molecule has 1 atom stereocenters. The minimum absolute atomic E-state index is 0.0823. The zero-order valence-corrected chi connectivity index (χ0v) is 14.5. The van der Waals surface area contributed by atoms with Crippen molar-refractivity contribution in [1.82, 2.24) is 5.32 Å². The van der Waals surface area contributed by atoms with E-state index in [4.69, 9.17) is 34.8 Å². The minimum atomic E-state index is -1.64. The van der Waals surface area contributed by atoms with Gasteiger partial charge >= 0.3 is 0 Å². The summed E-state index contributed by atoms with van der Waals surface area (Å²) in [7, 11) is 0. The first-order chi connectivity index (χ1) is 10.8. The summed E-state index contributed by atoms with van der Waals surface area (Å²) < 4.78 is -1.64. The van der Waals surface area contributed by atoms with E-state index < -0.39 is 20.8 Å². The van der Waals surface area contributed by atoms with E-state index in [9.17, 15) is 14.9 Å². The summed E-state index contributed by atoms with van der Waals surface area (Å²) in [5, 5.41) is 13.4. The van der Waals surface area contributed by atoms with Crippen LogP contribution in [0.4, 0.5) is 5.69 Å². The van der Waals surface area contributed by atoms with Gasteiger partial charge in [0, 0.05) is 17.7 Å². The van der Waals surface area contributed by atoms with Gasteiger partial charge < -0.3 is 4.90 Å². The molecule has 0 saturated carbocycles. The quantitative estimate of drug-likeness (QED) is 0.476. The van der Waals surface area contributed by atoms with Crippen molar-refractivity contribution in [1.29, 1.82) is 0 Å². The number of nitrogens with one attached hydrogen (secondary N) is 2. The van der Waals surface area contributed by atoms with Crippen LogP contribution in [0.2, 0.25) is 0 Å². The number of quaternary nitrogens is 1. The van der Waals surface area contributed by atoms with Crippen LogP contribution >= 0.6 is 34.8 Å². The molecule has 9 heteroatoms. The average molecular weight is 382 g/mol. The van der Waals surface area contributed by atoms with Crippen molar-refractivity contribution < 1.29 is 14.6 Å². The normalized spacial score (nSPS) is 17.5. The van der Waals surface area contributed by atoms with Crippen LogP contribution in [-0.4, -0.2) is 33.9 Å². The molecule has 6 nitrogen and oxygen atoms in total. The first kappa shape index (κ1) is 18.3. The lowest BCUT2D eigenvalue weighted by atomic mass is 10.1. The predicted molar refractivity (Wildman–Crippen MR) is 89.2 cm³/mol. The Labute approximate surface area is 148 Å². The van der Waals surface area contributed by atoms with E-state index in [2.05, 4.69) is 5.32 Å². The van der Waals surface area contributed by atoms with Gasteiger partial charge in [-0.05, 0) is 31.4 Å². The van der Waals surface area contributed by atoms with Crippen LogP contribution in [0.5, 0.6) is 0 Å². The number of nitrogens with zero attached hydrogens (tertiary/aromatic N) is 1. The van der Waals surface area contributed by atoms with E-state index in [-0.39, 0.29) is 11.3 Å². The highest BCUT2D eigenvalue weighted by molar-refractivity contribution is 6.68. The van der Waals surface area contributed by atoms with E-state index in [1.807, 2.05) is 0 Å². The lowest BCUT2D eigenvalue weighted by molar-refractivity contribution is -0.931. The summed E-state index contributed by atoms with van der Waals surface area (Å²) >= 11 is 18.1. The number of nitro groups is 1. The number of likely N-dealkylation sites (tertiary alicyclic amines) is 1. The molecule has 1 aliphatic heterocycles. The zero-order chi connectivity index (χ0) is 17.0. The number of carbonyl (C=O) groups is 1. The second-order valence-electron chi connectivity index (χ2n) is 5.47. The predicted octanol–water partition coefficient (Wildman–Crippen LogP) is 2.09. The number of halogens is 3. The number of alkyl halides is 3. The number of piperidine rings is 1. The van der Waals surface area contributed by atoms with Gasteiger partial charge in [0.1, 0.15) is 0 Å². The third-order valence-electron chi connectivity index (χ3n) is 3.85. The first-order valence-electron chi connectivity index (χ1n) is 7.25. The molecule has 0 bridgehead atoms. The smallest absolute Gasteiger partial charge is 0.269 e. The molecule has 0 spiro atoms. The first-order valence-corrected chi connectivity index (χ1v) is 8.39. The van der Waals surface area contributed by atoms with Crippen LogP contribution in [0, 0.1) is 10.1 Å². The van der Waals surface area contributed by atoms with Crippen molar-refractivity contribution in [2.45, 2.75) is 29.2 Å². The number of benzene rings is 1. The van der Waals surface area contributed by atoms with Gasteiger partial charge in [0.05, 0.1) is 18.0 Å². The summed E-state index contributed by atoms with van der Waals surface area (Å²) in [4.78, 5) is 23.5. The molecule has 0 aliphatic carbocycles. The molecule has 1 fully saturated rings. The van der Waals surface area contributed by atoms with Gasteiger partial charge in [-0.25, -0.2) is 0 Å². The topological polar surface area (TPSA) is 76.7 Å². The minimum Gasteiger partial charge on any atom is -0.312 e. The molecule has 2 rings (SSSR count). The van der Waals surface area contributed by atoms with Crippen molar-refractivity contribution in [2.24, 2.45) is 0 Å². The van der Waals surface area contributed by atoms with E-state index in [0.29, 0.717) is 0 Å². The number of amides is 1. The summed E-state index contributed by atoms with van der Waals surface area (Å²) in [6.45, 7) is 1.64. The van der Waals surface area contributed by atoms with Gasteiger partial charge in [0.2, 0.25) is 6.17 Å². The van der Waals surface area contributed by atoms with Crippen LogP contribution < -0.4 is 10.2 Å². The Bertz CT molecular complexity index is 569. The summed E-state index contributed by atoms with van der Waals surface area (Å²) in [6, 6.07) is 5.31. The highest BCUT2D eigenvalue weighted by Gasteiger charge is 2.42. The van der Waals surface area contributed by atoms with Gasteiger partial charge in [-0.3, -0.25) is 20.2 Å². The van der Waals surface area contributed by atoms with Crippen molar-refractivity contribution >= 4 is 46.4 Å². The maximum Gasteiger partial charge on any atom is 0.269 e. The van der Waals surface area contributed by atoms with Crippen molar-refractivity contribution in [3.8, 4) is 0 Å². The van der Waals surface area contributed by atoms with Crippen LogP contribution in [0.15, 0.2) is 24.3 Å². The van der Waals surface area contributed by atoms with Crippen LogP contribution in [-0.2, 0) is 0 Å². The average Bonchev–Trinajstić information content (AvgIpc) is 2.52. The van der Waals surface area contributed by atoms with E-state index in [1.165, 1.54) is 24.3 Å². The Kier molecular flexibility index (Phi) is 6.08. The maximum absolute atomic E-state index is 12.4. The molecule has 1 aliphatic rings. The molecule has 2 N–H and O–H groups in total. The van der Waals surface area contributed by atoms with Gasteiger partial charge in [0.25, 0.3) is 15.4 Å². The molecule has 1 amide bonds. The van der Waals surface area contributed by atoms with E-state index in [1.54, 1.807) is 0 Å². The van der Waals surface area contributed by atoms with Crippen molar-refractivity contribution in [2.75, 3.05) is 13.1 Å². The second-order valence-corrected chi connectivity index (χ2v) is 7.84. The molecule has 126 valence electrons. The van der Waals surface area contributed by atoms with Crippen LogP contribution in [0.3, 0.4) is 0 Å². The van der Waals surface area contributed by atoms with Crippen LogP contribution in [0.1, 0.15) is 29.6 Å². The maximum atomic E-state index is 12.4. The number of hydrogen-bond acceptors (Lipinski definition) is 3. The largest absolute Gasteiger partial charge is 0.312 e.